The molecular formula is C19H15NO8. The maximum Gasteiger partial charge on any atom is 0.338 e. The van der Waals surface area contributed by atoms with Gasteiger partial charge in [-0.1, -0.05) is 0 Å². The summed E-state index contributed by atoms with van der Waals surface area (Å²) < 4.78 is 26.6. The minimum absolute atomic E-state index is 0.0186. The molecule has 0 aromatic heterocycles. The van der Waals surface area contributed by atoms with Crippen LogP contribution in [-0.2, 0) is 4.74 Å². The minimum Gasteiger partial charge on any atom is -0.493 e. The van der Waals surface area contributed by atoms with Crippen molar-refractivity contribution in [3.8, 4) is 23.0 Å². The van der Waals surface area contributed by atoms with E-state index in [-0.39, 0.29) is 23.4 Å². The van der Waals surface area contributed by atoms with E-state index in [0.29, 0.717) is 39.2 Å². The van der Waals surface area contributed by atoms with E-state index in [2.05, 4.69) is 0 Å². The number of methoxy groups -OCH3 is 3. The van der Waals surface area contributed by atoms with Crippen LogP contribution in [0, 0.1) is 10.1 Å². The average Bonchev–Trinajstić information content (AvgIpc) is 3.18. The summed E-state index contributed by atoms with van der Waals surface area (Å²) in [6, 6.07) is 6.16. The van der Waals surface area contributed by atoms with Crippen molar-refractivity contribution in [3.05, 3.63) is 39.9 Å². The Morgan fingerprint density at radius 3 is 2.50 bits per heavy atom. The normalized spacial score (nSPS) is 12.2. The van der Waals surface area contributed by atoms with Gasteiger partial charge in [0.2, 0.25) is 6.79 Å². The number of benzene rings is 3. The predicted octanol–water partition coefficient (Wildman–Crippen LogP) is 3.43. The van der Waals surface area contributed by atoms with Crippen molar-refractivity contribution < 1.29 is 33.4 Å². The number of fused-ring (bicyclic) bond motifs is 5. The van der Waals surface area contributed by atoms with E-state index in [4.69, 9.17) is 23.7 Å². The van der Waals surface area contributed by atoms with Crippen molar-refractivity contribution in [2.24, 2.45) is 0 Å². The first-order valence-corrected chi connectivity index (χ1v) is 8.18. The number of hydrogen-bond acceptors (Lipinski definition) is 8. The van der Waals surface area contributed by atoms with Gasteiger partial charge < -0.3 is 23.7 Å². The van der Waals surface area contributed by atoms with Gasteiger partial charge in [-0.05, 0) is 23.6 Å². The number of nitro benzene ring substituents is 1. The van der Waals surface area contributed by atoms with Crippen LogP contribution in [0.3, 0.4) is 0 Å². The largest absolute Gasteiger partial charge is 0.493 e. The first-order chi connectivity index (χ1) is 13.5. The first-order valence-electron chi connectivity index (χ1n) is 8.18. The number of hydrogen-bond donors (Lipinski definition) is 0. The van der Waals surface area contributed by atoms with Crippen molar-refractivity contribution in [3.63, 3.8) is 0 Å². The summed E-state index contributed by atoms with van der Waals surface area (Å²) in [5.74, 6) is 0.669. The maximum absolute atomic E-state index is 12.4. The van der Waals surface area contributed by atoms with Crippen LogP contribution in [0.1, 0.15) is 10.4 Å². The molecule has 0 atom stereocenters. The topological polar surface area (TPSA) is 106 Å². The lowest BCUT2D eigenvalue weighted by atomic mass is 9.94. The van der Waals surface area contributed by atoms with Crippen molar-refractivity contribution in [2.45, 2.75) is 0 Å². The fourth-order valence-electron chi connectivity index (χ4n) is 3.50. The van der Waals surface area contributed by atoms with Crippen molar-refractivity contribution >= 4 is 33.2 Å². The molecule has 0 radical (unpaired) electrons. The Hall–Kier alpha value is -3.75. The second-order valence-corrected chi connectivity index (χ2v) is 5.95. The molecule has 0 fully saturated rings. The number of nitrogens with zero attached hydrogens (tertiary/aromatic N) is 1. The van der Waals surface area contributed by atoms with Gasteiger partial charge in [0.05, 0.1) is 37.2 Å². The molecule has 28 heavy (non-hydrogen) atoms. The van der Waals surface area contributed by atoms with E-state index < -0.39 is 10.9 Å². The lowest BCUT2D eigenvalue weighted by Crippen LogP contribution is -2.05. The number of carbonyl (C=O) groups is 1. The summed E-state index contributed by atoms with van der Waals surface area (Å²) in [7, 11) is 4.13. The molecule has 3 aromatic carbocycles. The van der Waals surface area contributed by atoms with E-state index >= 15 is 0 Å². The minimum atomic E-state index is -0.716. The Morgan fingerprint density at radius 2 is 1.86 bits per heavy atom. The second-order valence-electron chi connectivity index (χ2n) is 5.95. The lowest BCUT2D eigenvalue weighted by molar-refractivity contribution is -0.383. The third kappa shape index (κ3) is 2.36. The zero-order valence-electron chi connectivity index (χ0n) is 15.2. The molecular weight excluding hydrogens is 370 g/mol. The molecule has 0 saturated heterocycles. The van der Waals surface area contributed by atoms with Crippen LogP contribution >= 0.6 is 0 Å². The molecule has 0 amide bonds. The third-order valence-electron chi connectivity index (χ3n) is 4.66. The highest BCUT2D eigenvalue weighted by Crippen LogP contribution is 2.50. The molecule has 9 heteroatoms. The highest BCUT2D eigenvalue weighted by atomic mass is 16.7. The number of non-ortho nitro benzene ring substituents is 1. The lowest BCUT2D eigenvalue weighted by Gasteiger charge is -2.15. The molecule has 1 aliphatic rings. The van der Waals surface area contributed by atoms with Crippen LogP contribution in [0.25, 0.3) is 21.5 Å². The number of esters is 1. The second kappa shape index (κ2) is 6.45. The Labute approximate surface area is 158 Å². The summed E-state index contributed by atoms with van der Waals surface area (Å²) in [4.78, 5) is 23.7. The van der Waals surface area contributed by atoms with Gasteiger partial charge in [-0.3, -0.25) is 10.1 Å². The fourth-order valence-corrected chi connectivity index (χ4v) is 3.50. The molecule has 0 unspecified atom stereocenters. The SMILES string of the molecule is COC(=O)c1cc2c(c3c1c([N+](=O)[O-])cc1c(OC)c(OC)ccc13)OCO2. The first kappa shape index (κ1) is 17.7. The summed E-state index contributed by atoms with van der Waals surface area (Å²) >= 11 is 0. The molecule has 0 aliphatic carbocycles. The van der Waals surface area contributed by atoms with Gasteiger partial charge in [-0.15, -0.1) is 0 Å². The van der Waals surface area contributed by atoms with E-state index in [1.54, 1.807) is 12.1 Å². The smallest absolute Gasteiger partial charge is 0.338 e. The van der Waals surface area contributed by atoms with Gasteiger partial charge in [-0.2, -0.15) is 0 Å². The number of ether oxygens (including phenoxy) is 5. The fraction of sp³-hybridized carbons (Fsp3) is 0.211. The summed E-state index contributed by atoms with van der Waals surface area (Å²) in [6.07, 6.45) is 0. The van der Waals surface area contributed by atoms with E-state index in [1.807, 2.05) is 0 Å². The number of rotatable bonds is 4. The van der Waals surface area contributed by atoms with Gasteiger partial charge in [-0.25, -0.2) is 4.79 Å². The van der Waals surface area contributed by atoms with Crippen molar-refractivity contribution in [1.29, 1.82) is 0 Å². The standard InChI is InChI=1S/C19H15NO8/c1-24-13-5-4-9-10(17(13)25-2)6-12(20(22)23)15-11(19(21)26-3)7-14-18(16(9)15)28-8-27-14/h4-7H,8H2,1-3H3. The quantitative estimate of drug-likeness (QED) is 0.291. The van der Waals surface area contributed by atoms with Crippen LogP contribution in [0.4, 0.5) is 5.69 Å². The van der Waals surface area contributed by atoms with E-state index in [9.17, 15) is 14.9 Å². The molecule has 3 aromatic rings. The Morgan fingerprint density at radius 1 is 1.07 bits per heavy atom. The molecule has 144 valence electrons. The summed E-state index contributed by atoms with van der Waals surface area (Å²) in [6.45, 7) is -0.0630. The van der Waals surface area contributed by atoms with E-state index in [1.165, 1.54) is 33.5 Å². The highest BCUT2D eigenvalue weighted by molar-refractivity contribution is 6.22. The van der Waals surface area contributed by atoms with Crippen LogP contribution in [0.5, 0.6) is 23.0 Å². The zero-order chi connectivity index (χ0) is 20.0. The number of nitro groups is 1. The molecule has 0 spiro atoms. The van der Waals surface area contributed by atoms with Crippen LogP contribution < -0.4 is 18.9 Å². The van der Waals surface area contributed by atoms with Gasteiger partial charge in [0.1, 0.15) is 0 Å². The van der Waals surface area contributed by atoms with Gasteiger partial charge in [0.15, 0.2) is 23.0 Å². The molecule has 9 nitrogen and oxygen atoms in total. The molecule has 0 N–H and O–H groups in total. The maximum atomic E-state index is 12.4. The van der Waals surface area contributed by atoms with Crippen LogP contribution in [0.15, 0.2) is 24.3 Å². The molecule has 1 heterocycles. The average molecular weight is 385 g/mol. The summed E-state index contributed by atoms with van der Waals surface area (Å²) in [5, 5.41) is 13.4. The van der Waals surface area contributed by atoms with E-state index in [0.717, 1.165) is 0 Å². The number of carbonyl (C=O) groups excluding carboxylic acids is 1. The van der Waals surface area contributed by atoms with Crippen molar-refractivity contribution in [2.75, 3.05) is 28.1 Å². The third-order valence-corrected chi connectivity index (χ3v) is 4.66. The van der Waals surface area contributed by atoms with Gasteiger partial charge in [0.25, 0.3) is 5.69 Å². The molecule has 4 rings (SSSR count). The Kier molecular flexibility index (Phi) is 4.07. The predicted molar refractivity (Wildman–Crippen MR) is 98.7 cm³/mol. The van der Waals surface area contributed by atoms with Gasteiger partial charge >= 0.3 is 5.97 Å². The Bertz CT molecular complexity index is 1150. The zero-order valence-corrected chi connectivity index (χ0v) is 15.2. The molecule has 0 saturated carbocycles. The Balaban J connectivity index is 2.30. The summed E-state index contributed by atoms with van der Waals surface area (Å²) in [5.41, 5.74) is -0.266. The molecule has 1 aliphatic heterocycles. The molecule has 0 bridgehead atoms. The monoisotopic (exact) mass is 385 g/mol. The van der Waals surface area contributed by atoms with Crippen molar-refractivity contribution in [1.82, 2.24) is 0 Å². The highest BCUT2D eigenvalue weighted by Gasteiger charge is 2.31. The van der Waals surface area contributed by atoms with Crippen LogP contribution in [-0.4, -0.2) is 39.0 Å². The van der Waals surface area contributed by atoms with Gasteiger partial charge in [0, 0.05) is 16.8 Å². The van der Waals surface area contributed by atoms with Crippen LogP contribution in [0.2, 0.25) is 0 Å².